The number of benzene rings is 2. The van der Waals surface area contributed by atoms with Gasteiger partial charge in [0.1, 0.15) is 11.5 Å². The van der Waals surface area contributed by atoms with E-state index >= 15 is 0 Å². The number of carbonyl (C=O) groups is 1. The minimum atomic E-state index is -0.0634. The Hall–Kier alpha value is -2.75. The SMILES string of the molecule is CCOc1ccc(N/C=C/C(=O)c2ccc(OCC)cc2)cc1. The summed E-state index contributed by atoms with van der Waals surface area (Å²) in [5.74, 6) is 1.53. The molecule has 0 radical (unpaired) electrons. The number of ether oxygens (including phenoxy) is 2. The number of rotatable bonds is 8. The van der Waals surface area contributed by atoms with Crippen LogP contribution in [0.4, 0.5) is 5.69 Å². The predicted octanol–water partition coefficient (Wildman–Crippen LogP) is 4.29. The molecule has 0 aliphatic heterocycles. The Kier molecular flexibility index (Phi) is 6.24. The molecule has 2 rings (SSSR count). The Bertz CT molecular complexity index is 645. The van der Waals surface area contributed by atoms with Gasteiger partial charge >= 0.3 is 0 Å². The zero-order valence-electron chi connectivity index (χ0n) is 13.4. The summed E-state index contributed by atoms with van der Waals surface area (Å²) in [6, 6.07) is 14.7. The lowest BCUT2D eigenvalue weighted by molar-refractivity contribution is 0.104. The Morgan fingerprint density at radius 2 is 1.43 bits per heavy atom. The van der Waals surface area contributed by atoms with Crippen molar-refractivity contribution in [3.8, 4) is 11.5 Å². The number of allylic oxidation sites excluding steroid dienone is 1. The molecule has 0 saturated carbocycles. The zero-order chi connectivity index (χ0) is 16.5. The number of ketones is 1. The first-order valence-corrected chi connectivity index (χ1v) is 7.66. The third-order valence-corrected chi connectivity index (χ3v) is 3.10. The van der Waals surface area contributed by atoms with Gasteiger partial charge in [0.15, 0.2) is 5.78 Å². The van der Waals surface area contributed by atoms with Gasteiger partial charge in [-0.25, -0.2) is 0 Å². The number of carbonyl (C=O) groups excluding carboxylic acids is 1. The monoisotopic (exact) mass is 311 g/mol. The smallest absolute Gasteiger partial charge is 0.187 e. The molecule has 0 aliphatic rings. The van der Waals surface area contributed by atoms with Crippen molar-refractivity contribution >= 4 is 11.5 Å². The fraction of sp³-hybridized carbons (Fsp3) is 0.211. The van der Waals surface area contributed by atoms with Gasteiger partial charge in [0.05, 0.1) is 13.2 Å². The van der Waals surface area contributed by atoms with Crippen LogP contribution in [-0.4, -0.2) is 19.0 Å². The van der Waals surface area contributed by atoms with Crippen LogP contribution in [0.5, 0.6) is 11.5 Å². The quantitative estimate of drug-likeness (QED) is 0.583. The molecular formula is C19H21NO3. The molecule has 2 aromatic carbocycles. The van der Waals surface area contributed by atoms with E-state index in [2.05, 4.69) is 5.32 Å². The average molecular weight is 311 g/mol. The molecule has 0 aromatic heterocycles. The van der Waals surface area contributed by atoms with E-state index in [1.807, 2.05) is 38.1 Å². The van der Waals surface area contributed by atoms with Gasteiger partial charge in [0.25, 0.3) is 0 Å². The van der Waals surface area contributed by atoms with Crippen LogP contribution in [0.15, 0.2) is 60.8 Å². The predicted molar refractivity (Wildman–Crippen MR) is 92.3 cm³/mol. The van der Waals surface area contributed by atoms with Crippen molar-refractivity contribution in [2.45, 2.75) is 13.8 Å². The molecular weight excluding hydrogens is 290 g/mol. The standard InChI is InChI=1S/C19H21NO3/c1-3-22-17-9-5-15(6-10-17)19(21)13-14-20-16-7-11-18(12-8-16)23-4-2/h5-14,20H,3-4H2,1-2H3/b14-13+. The van der Waals surface area contributed by atoms with Gasteiger partial charge in [0, 0.05) is 23.5 Å². The molecule has 0 amide bonds. The fourth-order valence-electron chi connectivity index (χ4n) is 2.01. The molecule has 0 saturated heterocycles. The highest BCUT2D eigenvalue weighted by Gasteiger charge is 2.01. The van der Waals surface area contributed by atoms with Crippen LogP contribution in [0.25, 0.3) is 0 Å². The molecule has 4 nitrogen and oxygen atoms in total. The summed E-state index contributed by atoms with van der Waals surface area (Å²) >= 11 is 0. The van der Waals surface area contributed by atoms with Gasteiger partial charge < -0.3 is 14.8 Å². The van der Waals surface area contributed by atoms with Gasteiger partial charge in [-0.3, -0.25) is 4.79 Å². The Balaban J connectivity index is 1.90. The minimum Gasteiger partial charge on any atom is -0.494 e. The van der Waals surface area contributed by atoms with Gasteiger partial charge in [-0.1, -0.05) is 0 Å². The molecule has 23 heavy (non-hydrogen) atoms. The molecule has 0 atom stereocenters. The first kappa shape index (κ1) is 16.6. The highest BCUT2D eigenvalue weighted by atomic mass is 16.5. The summed E-state index contributed by atoms with van der Waals surface area (Å²) in [7, 11) is 0. The van der Waals surface area contributed by atoms with Crippen molar-refractivity contribution in [2.24, 2.45) is 0 Å². The molecule has 0 unspecified atom stereocenters. The third kappa shape index (κ3) is 5.18. The van der Waals surface area contributed by atoms with E-state index in [1.165, 1.54) is 6.08 Å². The van der Waals surface area contributed by atoms with Crippen molar-refractivity contribution in [1.82, 2.24) is 0 Å². The lowest BCUT2D eigenvalue weighted by Crippen LogP contribution is -1.97. The fourth-order valence-corrected chi connectivity index (χ4v) is 2.01. The number of hydrogen-bond acceptors (Lipinski definition) is 4. The summed E-state index contributed by atoms with van der Waals surface area (Å²) < 4.78 is 10.7. The molecule has 1 N–H and O–H groups in total. The molecule has 2 aromatic rings. The Morgan fingerprint density at radius 3 is 1.96 bits per heavy atom. The van der Waals surface area contributed by atoms with Crippen LogP contribution in [0.2, 0.25) is 0 Å². The highest BCUT2D eigenvalue weighted by molar-refractivity contribution is 6.04. The maximum atomic E-state index is 12.1. The van der Waals surface area contributed by atoms with Gasteiger partial charge in [-0.15, -0.1) is 0 Å². The van der Waals surface area contributed by atoms with E-state index in [4.69, 9.17) is 9.47 Å². The number of nitrogens with one attached hydrogen (secondary N) is 1. The van der Waals surface area contributed by atoms with E-state index in [0.717, 1.165) is 17.2 Å². The molecule has 0 heterocycles. The maximum Gasteiger partial charge on any atom is 0.187 e. The van der Waals surface area contributed by atoms with Crippen molar-refractivity contribution < 1.29 is 14.3 Å². The second kappa shape index (κ2) is 8.63. The van der Waals surface area contributed by atoms with E-state index in [1.54, 1.807) is 30.5 Å². The lowest BCUT2D eigenvalue weighted by atomic mass is 10.1. The molecule has 120 valence electrons. The Labute approximate surface area is 136 Å². The molecule has 0 bridgehead atoms. The first-order chi connectivity index (χ1) is 11.2. The summed E-state index contributed by atoms with van der Waals surface area (Å²) in [6.45, 7) is 5.12. The average Bonchev–Trinajstić information content (AvgIpc) is 2.57. The summed E-state index contributed by atoms with van der Waals surface area (Å²) in [5.41, 5.74) is 1.52. The van der Waals surface area contributed by atoms with Crippen LogP contribution in [0, 0.1) is 0 Å². The van der Waals surface area contributed by atoms with Crippen molar-refractivity contribution in [1.29, 1.82) is 0 Å². The number of anilines is 1. The second-order valence-corrected chi connectivity index (χ2v) is 4.76. The van der Waals surface area contributed by atoms with E-state index in [0.29, 0.717) is 18.8 Å². The molecule has 0 aliphatic carbocycles. The summed E-state index contributed by atoms with van der Waals surface area (Å²) in [5, 5.41) is 3.06. The number of hydrogen-bond donors (Lipinski definition) is 1. The third-order valence-electron chi connectivity index (χ3n) is 3.10. The normalized spacial score (nSPS) is 10.5. The molecule has 0 spiro atoms. The van der Waals surface area contributed by atoms with Crippen LogP contribution in [-0.2, 0) is 0 Å². The summed E-state index contributed by atoms with van der Waals surface area (Å²) in [4.78, 5) is 12.1. The van der Waals surface area contributed by atoms with E-state index < -0.39 is 0 Å². The van der Waals surface area contributed by atoms with Gasteiger partial charge in [0.2, 0.25) is 0 Å². The second-order valence-electron chi connectivity index (χ2n) is 4.76. The summed E-state index contributed by atoms with van der Waals surface area (Å²) in [6.07, 6.45) is 3.14. The molecule has 4 heteroatoms. The van der Waals surface area contributed by atoms with Gasteiger partial charge in [-0.05, 0) is 62.4 Å². The van der Waals surface area contributed by atoms with Gasteiger partial charge in [-0.2, -0.15) is 0 Å². The topological polar surface area (TPSA) is 47.6 Å². The van der Waals surface area contributed by atoms with Crippen molar-refractivity contribution in [2.75, 3.05) is 18.5 Å². The van der Waals surface area contributed by atoms with Crippen LogP contribution in [0.3, 0.4) is 0 Å². The lowest BCUT2D eigenvalue weighted by Gasteiger charge is -2.05. The molecule has 0 fully saturated rings. The van der Waals surface area contributed by atoms with Crippen LogP contribution >= 0.6 is 0 Å². The largest absolute Gasteiger partial charge is 0.494 e. The van der Waals surface area contributed by atoms with Crippen LogP contribution < -0.4 is 14.8 Å². The highest BCUT2D eigenvalue weighted by Crippen LogP contribution is 2.16. The van der Waals surface area contributed by atoms with E-state index in [-0.39, 0.29) is 5.78 Å². The zero-order valence-corrected chi connectivity index (χ0v) is 13.4. The van der Waals surface area contributed by atoms with Crippen molar-refractivity contribution in [3.63, 3.8) is 0 Å². The van der Waals surface area contributed by atoms with Crippen molar-refractivity contribution in [3.05, 3.63) is 66.4 Å². The van der Waals surface area contributed by atoms with E-state index in [9.17, 15) is 4.79 Å². The Morgan fingerprint density at radius 1 is 0.913 bits per heavy atom. The maximum absolute atomic E-state index is 12.1. The van der Waals surface area contributed by atoms with Crippen LogP contribution in [0.1, 0.15) is 24.2 Å². The first-order valence-electron chi connectivity index (χ1n) is 7.66. The minimum absolute atomic E-state index is 0.0634.